The molecule has 1 aliphatic heterocycles. The summed E-state index contributed by atoms with van der Waals surface area (Å²) in [4.78, 5) is 40.6. The van der Waals surface area contributed by atoms with E-state index in [0.29, 0.717) is 18.5 Å². The van der Waals surface area contributed by atoms with Gasteiger partial charge in [-0.3, -0.25) is 14.5 Å². The van der Waals surface area contributed by atoms with E-state index in [2.05, 4.69) is 29.4 Å². The molecule has 1 aliphatic carbocycles. The fourth-order valence-corrected chi connectivity index (χ4v) is 4.00. The summed E-state index contributed by atoms with van der Waals surface area (Å²) in [7, 11) is 0. The first kappa shape index (κ1) is 19.2. The van der Waals surface area contributed by atoms with Crippen LogP contribution in [0.4, 0.5) is 16.2 Å². The van der Waals surface area contributed by atoms with Crippen LogP contribution in [0.2, 0.25) is 0 Å². The molecule has 4 amide bonds. The second-order valence-corrected chi connectivity index (χ2v) is 7.23. The highest BCUT2D eigenvalue weighted by Gasteiger charge is 2.51. The molecule has 1 saturated heterocycles. The average Bonchev–Trinajstić information content (AvgIpc) is 2.88. The number of amides is 4. The predicted molar refractivity (Wildman–Crippen MR) is 105 cm³/mol. The largest absolute Gasteiger partial charge is 0.372 e. The molecular weight excluding hydrogens is 344 g/mol. The molecule has 3 rings (SSSR count). The van der Waals surface area contributed by atoms with Crippen molar-refractivity contribution in [1.82, 2.24) is 10.2 Å². The van der Waals surface area contributed by atoms with Gasteiger partial charge in [-0.15, -0.1) is 0 Å². The number of hydrogen-bond acceptors (Lipinski definition) is 4. The number of benzene rings is 1. The maximum atomic E-state index is 12.7. The van der Waals surface area contributed by atoms with Gasteiger partial charge in [0.25, 0.3) is 5.91 Å². The Morgan fingerprint density at radius 1 is 1.11 bits per heavy atom. The number of carbonyl (C=O) groups excluding carboxylic acids is 3. The predicted octanol–water partition coefficient (Wildman–Crippen LogP) is 2.73. The van der Waals surface area contributed by atoms with Crippen LogP contribution >= 0.6 is 0 Å². The van der Waals surface area contributed by atoms with Crippen LogP contribution in [0.3, 0.4) is 0 Å². The SMILES string of the molecule is CCN(CC)c1ccc(NC(=O)CN2C(=O)NC3(CCCCC3)C2=O)cc1. The number of urea groups is 1. The standard InChI is InChI=1S/C20H28N4O3/c1-3-23(4-2)16-10-8-15(9-11-16)21-17(25)14-24-18(26)20(22-19(24)27)12-6-5-7-13-20/h8-11H,3-7,12-14H2,1-2H3,(H,21,25)(H,22,27). The van der Waals surface area contributed by atoms with Crippen LogP contribution in [-0.4, -0.2) is 47.9 Å². The number of imide groups is 1. The molecule has 1 saturated carbocycles. The third kappa shape index (κ3) is 3.91. The molecule has 2 N–H and O–H groups in total. The number of nitrogens with zero attached hydrogens (tertiary/aromatic N) is 2. The van der Waals surface area contributed by atoms with Gasteiger partial charge in [0.2, 0.25) is 5.91 Å². The van der Waals surface area contributed by atoms with E-state index in [0.717, 1.165) is 42.9 Å². The first-order valence-electron chi connectivity index (χ1n) is 9.78. The van der Waals surface area contributed by atoms with Crippen LogP contribution in [0.1, 0.15) is 46.0 Å². The van der Waals surface area contributed by atoms with Crippen molar-refractivity contribution in [1.29, 1.82) is 0 Å². The molecule has 0 aromatic heterocycles. The minimum absolute atomic E-state index is 0.260. The van der Waals surface area contributed by atoms with Crippen molar-refractivity contribution in [2.24, 2.45) is 0 Å². The van der Waals surface area contributed by atoms with Crippen molar-refractivity contribution < 1.29 is 14.4 Å². The summed E-state index contributed by atoms with van der Waals surface area (Å²) >= 11 is 0. The first-order chi connectivity index (χ1) is 13.0. The molecule has 1 aromatic rings. The molecule has 1 spiro atoms. The quantitative estimate of drug-likeness (QED) is 0.753. The Hall–Kier alpha value is -2.57. The van der Waals surface area contributed by atoms with Gasteiger partial charge < -0.3 is 15.5 Å². The Balaban J connectivity index is 1.60. The fraction of sp³-hybridized carbons (Fsp3) is 0.550. The maximum Gasteiger partial charge on any atom is 0.325 e. The lowest BCUT2D eigenvalue weighted by Crippen LogP contribution is -2.48. The average molecular weight is 372 g/mol. The van der Waals surface area contributed by atoms with Gasteiger partial charge in [0.1, 0.15) is 12.1 Å². The van der Waals surface area contributed by atoms with Crippen molar-refractivity contribution in [3.05, 3.63) is 24.3 Å². The van der Waals surface area contributed by atoms with E-state index in [-0.39, 0.29) is 18.4 Å². The van der Waals surface area contributed by atoms with Gasteiger partial charge >= 0.3 is 6.03 Å². The zero-order valence-corrected chi connectivity index (χ0v) is 16.1. The van der Waals surface area contributed by atoms with E-state index in [1.165, 1.54) is 0 Å². The summed E-state index contributed by atoms with van der Waals surface area (Å²) in [6, 6.07) is 7.11. The van der Waals surface area contributed by atoms with E-state index in [1.807, 2.05) is 24.3 Å². The maximum absolute atomic E-state index is 12.7. The lowest BCUT2D eigenvalue weighted by molar-refractivity contribution is -0.134. The van der Waals surface area contributed by atoms with E-state index < -0.39 is 11.6 Å². The van der Waals surface area contributed by atoms with Gasteiger partial charge in [-0.25, -0.2) is 4.79 Å². The van der Waals surface area contributed by atoms with E-state index >= 15 is 0 Å². The zero-order chi connectivity index (χ0) is 19.4. The molecule has 0 radical (unpaired) electrons. The van der Waals surface area contributed by atoms with Crippen molar-refractivity contribution in [3.8, 4) is 0 Å². The van der Waals surface area contributed by atoms with Crippen LogP contribution in [0, 0.1) is 0 Å². The second kappa shape index (κ2) is 7.98. The molecule has 0 bridgehead atoms. The highest BCUT2D eigenvalue weighted by Crippen LogP contribution is 2.33. The third-order valence-corrected chi connectivity index (χ3v) is 5.53. The molecule has 7 heteroatoms. The number of carbonyl (C=O) groups is 3. The Kier molecular flexibility index (Phi) is 5.68. The summed E-state index contributed by atoms with van der Waals surface area (Å²) in [6.45, 7) is 5.75. The Labute approximate surface area is 160 Å². The number of anilines is 2. The fourth-order valence-electron chi connectivity index (χ4n) is 4.00. The molecule has 1 heterocycles. The van der Waals surface area contributed by atoms with Crippen molar-refractivity contribution in [2.45, 2.75) is 51.5 Å². The molecule has 0 unspecified atom stereocenters. The summed E-state index contributed by atoms with van der Waals surface area (Å²) in [5.41, 5.74) is 0.947. The monoisotopic (exact) mass is 372 g/mol. The molecule has 1 aromatic carbocycles. The van der Waals surface area contributed by atoms with Crippen LogP contribution in [-0.2, 0) is 9.59 Å². The van der Waals surface area contributed by atoms with Gasteiger partial charge in [-0.05, 0) is 51.0 Å². The summed E-state index contributed by atoms with van der Waals surface area (Å²) in [5.74, 6) is -0.638. The van der Waals surface area contributed by atoms with Gasteiger partial charge in [-0.2, -0.15) is 0 Å². The van der Waals surface area contributed by atoms with Crippen LogP contribution in [0.5, 0.6) is 0 Å². The van der Waals surface area contributed by atoms with Gasteiger partial charge in [-0.1, -0.05) is 19.3 Å². The highest BCUT2D eigenvalue weighted by atomic mass is 16.2. The molecule has 0 atom stereocenters. The Morgan fingerprint density at radius 2 is 1.74 bits per heavy atom. The highest BCUT2D eigenvalue weighted by molar-refractivity contribution is 6.10. The van der Waals surface area contributed by atoms with E-state index in [4.69, 9.17) is 0 Å². The lowest BCUT2D eigenvalue weighted by Gasteiger charge is -2.30. The molecule has 7 nitrogen and oxygen atoms in total. The van der Waals surface area contributed by atoms with Gasteiger partial charge in [0.05, 0.1) is 0 Å². The Morgan fingerprint density at radius 3 is 2.33 bits per heavy atom. The van der Waals surface area contributed by atoms with Gasteiger partial charge in [0.15, 0.2) is 0 Å². The summed E-state index contributed by atoms with van der Waals surface area (Å²) in [6.07, 6.45) is 4.23. The van der Waals surface area contributed by atoms with Gasteiger partial charge in [0, 0.05) is 24.5 Å². The lowest BCUT2D eigenvalue weighted by atomic mass is 9.82. The summed E-state index contributed by atoms with van der Waals surface area (Å²) < 4.78 is 0. The normalized spacial score (nSPS) is 18.5. The molecule has 2 fully saturated rings. The second-order valence-electron chi connectivity index (χ2n) is 7.23. The molecule has 27 heavy (non-hydrogen) atoms. The molecular formula is C20H28N4O3. The molecule has 2 aliphatic rings. The van der Waals surface area contributed by atoms with Crippen molar-refractivity contribution in [2.75, 3.05) is 29.9 Å². The van der Waals surface area contributed by atoms with Crippen molar-refractivity contribution >= 4 is 29.2 Å². The summed E-state index contributed by atoms with van der Waals surface area (Å²) in [5, 5.41) is 5.60. The number of nitrogens with one attached hydrogen (secondary N) is 2. The number of rotatable bonds is 6. The van der Waals surface area contributed by atoms with Crippen LogP contribution < -0.4 is 15.5 Å². The minimum Gasteiger partial charge on any atom is -0.372 e. The van der Waals surface area contributed by atoms with E-state index in [9.17, 15) is 14.4 Å². The first-order valence-corrected chi connectivity index (χ1v) is 9.78. The zero-order valence-electron chi connectivity index (χ0n) is 16.1. The molecule has 146 valence electrons. The smallest absolute Gasteiger partial charge is 0.325 e. The topological polar surface area (TPSA) is 81.8 Å². The van der Waals surface area contributed by atoms with E-state index in [1.54, 1.807) is 0 Å². The Bertz CT molecular complexity index is 706. The third-order valence-electron chi connectivity index (χ3n) is 5.53. The number of hydrogen-bond donors (Lipinski definition) is 2. The van der Waals surface area contributed by atoms with Crippen LogP contribution in [0.15, 0.2) is 24.3 Å². The van der Waals surface area contributed by atoms with Crippen molar-refractivity contribution in [3.63, 3.8) is 0 Å². The van der Waals surface area contributed by atoms with Crippen LogP contribution in [0.25, 0.3) is 0 Å². The minimum atomic E-state index is -0.791.